The molecular formula is C26H43N3O4. The van der Waals surface area contributed by atoms with E-state index in [1.165, 1.54) is 5.06 Å². The van der Waals surface area contributed by atoms with E-state index in [2.05, 4.69) is 32.6 Å². The summed E-state index contributed by atoms with van der Waals surface area (Å²) in [6, 6.07) is 0.0846. The third-order valence-electron chi connectivity index (χ3n) is 7.59. The molecular weight excluding hydrogens is 418 g/mol. The molecule has 7 nitrogen and oxygen atoms in total. The first-order valence-corrected chi connectivity index (χ1v) is 12.2. The zero-order valence-corrected chi connectivity index (χ0v) is 21.7. The second kappa shape index (κ2) is 8.82. The lowest BCUT2D eigenvalue weighted by atomic mass is 9.76. The van der Waals surface area contributed by atoms with Crippen LogP contribution in [0.15, 0.2) is 24.4 Å². The average molecular weight is 462 g/mol. The van der Waals surface area contributed by atoms with E-state index in [0.29, 0.717) is 19.3 Å². The standard InChI is InChI=1S/C26H43N3O4/c1-23(2)14-19(27-13-11-9-10-12-21(27)30)15-24(3,4)28(23)18-22(31)33-20-16-25(5,6)29(32)26(7,8)17-20/h9-11,13,19-20,32H,12,14-18H2,1-8H3. The summed E-state index contributed by atoms with van der Waals surface area (Å²) in [5.74, 6) is -0.113. The number of nitrogens with zero attached hydrogens (tertiary/aromatic N) is 3. The van der Waals surface area contributed by atoms with Gasteiger partial charge in [0.15, 0.2) is 0 Å². The molecule has 0 aliphatic carbocycles. The van der Waals surface area contributed by atoms with E-state index in [1.807, 2.05) is 57.0 Å². The first-order valence-electron chi connectivity index (χ1n) is 12.2. The van der Waals surface area contributed by atoms with E-state index < -0.39 is 11.1 Å². The van der Waals surface area contributed by atoms with Gasteiger partial charge in [-0.2, -0.15) is 5.06 Å². The van der Waals surface area contributed by atoms with Crippen molar-refractivity contribution in [2.75, 3.05) is 6.54 Å². The molecule has 7 heteroatoms. The molecule has 3 aliphatic heterocycles. The summed E-state index contributed by atoms with van der Waals surface area (Å²) < 4.78 is 5.97. The fourth-order valence-corrected chi connectivity index (χ4v) is 6.41. The van der Waals surface area contributed by atoms with Crippen molar-refractivity contribution in [1.82, 2.24) is 14.9 Å². The number of hydrogen-bond donors (Lipinski definition) is 1. The second-order valence-electron chi connectivity index (χ2n) is 12.5. The number of piperidine rings is 2. The summed E-state index contributed by atoms with van der Waals surface area (Å²) in [6.45, 7) is 16.7. The molecule has 2 saturated heterocycles. The monoisotopic (exact) mass is 461 g/mol. The number of esters is 1. The molecule has 0 aromatic carbocycles. The molecule has 0 unspecified atom stereocenters. The summed E-state index contributed by atoms with van der Waals surface area (Å²) in [6.07, 6.45) is 10.6. The number of rotatable bonds is 4. The third-order valence-corrected chi connectivity index (χ3v) is 7.59. The van der Waals surface area contributed by atoms with Gasteiger partial charge < -0.3 is 14.8 Å². The summed E-state index contributed by atoms with van der Waals surface area (Å²) in [7, 11) is 0. The Morgan fingerprint density at radius 2 is 1.48 bits per heavy atom. The van der Waals surface area contributed by atoms with Gasteiger partial charge in [0.05, 0.1) is 6.54 Å². The predicted octanol–water partition coefficient (Wildman–Crippen LogP) is 4.26. The number of hydroxylamine groups is 2. The van der Waals surface area contributed by atoms with Crippen molar-refractivity contribution in [1.29, 1.82) is 0 Å². The Morgan fingerprint density at radius 1 is 0.939 bits per heavy atom. The van der Waals surface area contributed by atoms with Crippen molar-refractivity contribution in [2.45, 2.75) is 122 Å². The van der Waals surface area contributed by atoms with Crippen LogP contribution in [0.2, 0.25) is 0 Å². The number of amides is 1. The minimum Gasteiger partial charge on any atom is -0.461 e. The van der Waals surface area contributed by atoms with Gasteiger partial charge in [-0.3, -0.25) is 14.5 Å². The fourth-order valence-electron chi connectivity index (χ4n) is 6.41. The molecule has 0 spiro atoms. The van der Waals surface area contributed by atoms with Gasteiger partial charge in [-0.15, -0.1) is 0 Å². The van der Waals surface area contributed by atoms with E-state index in [1.54, 1.807) is 0 Å². The second-order valence-corrected chi connectivity index (χ2v) is 12.5. The zero-order valence-electron chi connectivity index (χ0n) is 21.7. The highest BCUT2D eigenvalue weighted by atomic mass is 16.5. The maximum absolute atomic E-state index is 13.1. The highest BCUT2D eigenvalue weighted by Gasteiger charge is 2.49. The Morgan fingerprint density at radius 3 is 2.03 bits per heavy atom. The number of hydrogen-bond acceptors (Lipinski definition) is 6. The zero-order chi connectivity index (χ0) is 24.8. The molecule has 33 heavy (non-hydrogen) atoms. The van der Waals surface area contributed by atoms with Crippen molar-refractivity contribution in [2.24, 2.45) is 0 Å². The highest BCUT2D eigenvalue weighted by Crippen LogP contribution is 2.41. The van der Waals surface area contributed by atoms with Gasteiger partial charge in [0.1, 0.15) is 6.10 Å². The molecule has 3 rings (SSSR count). The lowest BCUT2D eigenvalue weighted by molar-refractivity contribution is -0.259. The lowest BCUT2D eigenvalue weighted by Gasteiger charge is -2.56. The SMILES string of the molecule is CC1(C)CC(OC(=O)CN2C(C)(C)CC(N3C=CC=CCC3=O)CC2(C)C)CC(C)(C)N1O. The molecule has 186 valence electrons. The number of likely N-dealkylation sites (tertiary alicyclic amines) is 1. The Hall–Kier alpha value is -1.70. The van der Waals surface area contributed by atoms with Crippen LogP contribution in [0.3, 0.4) is 0 Å². The topological polar surface area (TPSA) is 73.3 Å². The van der Waals surface area contributed by atoms with Gasteiger partial charge in [-0.25, -0.2) is 0 Å². The first kappa shape index (κ1) is 25.9. The quantitative estimate of drug-likeness (QED) is 0.631. The van der Waals surface area contributed by atoms with Crippen molar-refractivity contribution in [3.63, 3.8) is 0 Å². The van der Waals surface area contributed by atoms with Crippen molar-refractivity contribution < 1.29 is 19.5 Å². The van der Waals surface area contributed by atoms with E-state index in [9.17, 15) is 14.8 Å². The Labute approximate surface area is 199 Å². The van der Waals surface area contributed by atoms with E-state index in [0.717, 1.165) is 12.8 Å². The van der Waals surface area contributed by atoms with Crippen LogP contribution in [-0.4, -0.2) is 72.8 Å². The van der Waals surface area contributed by atoms with Crippen LogP contribution < -0.4 is 0 Å². The molecule has 3 aliphatic rings. The smallest absolute Gasteiger partial charge is 0.320 e. The van der Waals surface area contributed by atoms with Gasteiger partial charge in [-0.1, -0.05) is 12.2 Å². The van der Waals surface area contributed by atoms with Gasteiger partial charge in [-0.05, 0) is 74.3 Å². The van der Waals surface area contributed by atoms with Crippen molar-refractivity contribution >= 4 is 11.9 Å². The van der Waals surface area contributed by atoms with Crippen LogP contribution in [0.4, 0.5) is 0 Å². The van der Waals surface area contributed by atoms with Crippen LogP contribution in [-0.2, 0) is 14.3 Å². The molecule has 3 heterocycles. The lowest BCUT2D eigenvalue weighted by Crippen LogP contribution is -2.65. The Kier molecular flexibility index (Phi) is 6.93. The minimum atomic E-state index is -0.467. The minimum absolute atomic E-state index is 0.0846. The van der Waals surface area contributed by atoms with Gasteiger partial charge in [0.25, 0.3) is 0 Å². The van der Waals surface area contributed by atoms with Crippen molar-refractivity contribution in [3.8, 4) is 0 Å². The molecule has 0 radical (unpaired) electrons. The van der Waals surface area contributed by atoms with Gasteiger partial charge in [0.2, 0.25) is 5.91 Å². The highest BCUT2D eigenvalue weighted by molar-refractivity contribution is 5.79. The number of ether oxygens (including phenoxy) is 1. The average Bonchev–Trinajstić information content (AvgIpc) is 2.86. The third kappa shape index (κ3) is 5.52. The summed E-state index contributed by atoms with van der Waals surface area (Å²) in [5, 5.41) is 11.9. The summed E-state index contributed by atoms with van der Waals surface area (Å²) >= 11 is 0. The molecule has 0 aromatic rings. The van der Waals surface area contributed by atoms with Crippen LogP contribution in [0.1, 0.15) is 87.5 Å². The van der Waals surface area contributed by atoms with Gasteiger partial charge >= 0.3 is 5.97 Å². The maximum atomic E-state index is 13.1. The fraction of sp³-hybridized carbons (Fsp3) is 0.769. The van der Waals surface area contributed by atoms with E-state index in [4.69, 9.17) is 4.74 Å². The number of carbonyl (C=O) groups is 2. The molecule has 0 aromatic heterocycles. The van der Waals surface area contributed by atoms with Crippen molar-refractivity contribution in [3.05, 3.63) is 24.4 Å². The Balaban J connectivity index is 1.69. The van der Waals surface area contributed by atoms with E-state index in [-0.39, 0.29) is 41.6 Å². The molecule has 1 N–H and O–H groups in total. The maximum Gasteiger partial charge on any atom is 0.320 e. The summed E-state index contributed by atoms with van der Waals surface area (Å²) in [5.41, 5.74) is -1.50. The van der Waals surface area contributed by atoms with E-state index >= 15 is 0 Å². The number of carbonyl (C=O) groups excluding carboxylic acids is 2. The van der Waals surface area contributed by atoms with Crippen LogP contribution >= 0.6 is 0 Å². The molecule has 1 amide bonds. The van der Waals surface area contributed by atoms with Crippen LogP contribution in [0.5, 0.6) is 0 Å². The largest absolute Gasteiger partial charge is 0.461 e. The van der Waals surface area contributed by atoms with Gasteiger partial charge in [0, 0.05) is 53.7 Å². The molecule has 0 atom stereocenters. The molecule has 0 bridgehead atoms. The molecule has 2 fully saturated rings. The summed E-state index contributed by atoms with van der Waals surface area (Å²) in [4.78, 5) is 29.9. The normalized spacial score (nSPS) is 28.0. The van der Waals surface area contributed by atoms with Crippen LogP contribution in [0.25, 0.3) is 0 Å². The predicted molar refractivity (Wildman–Crippen MR) is 129 cm³/mol. The number of allylic oxidation sites excluding steroid dienone is 2. The molecule has 0 saturated carbocycles. The van der Waals surface area contributed by atoms with Crippen LogP contribution in [0, 0.1) is 0 Å². The first-order chi connectivity index (χ1) is 15.1. The Bertz CT molecular complexity index is 791.